The summed E-state index contributed by atoms with van der Waals surface area (Å²) >= 11 is 7.50. The Bertz CT molecular complexity index is 1080. The molecule has 1 amide bonds. The maximum atomic E-state index is 12.3. The summed E-state index contributed by atoms with van der Waals surface area (Å²) in [5, 5.41) is 28.6. The Labute approximate surface area is 177 Å². The normalized spacial score (nSPS) is 13.0. The number of halogens is 1. The van der Waals surface area contributed by atoms with Crippen LogP contribution >= 0.6 is 22.9 Å². The number of amides is 1. The van der Waals surface area contributed by atoms with Crippen molar-refractivity contribution in [3.8, 4) is 17.3 Å². The fourth-order valence-corrected chi connectivity index (χ4v) is 3.81. The van der Waals surface area contributed by atoms with Crippen molar-refractivity contribution in [2.75, 3.05) is 0 Å². The van der Waals surface area contributed by atoms with Crippen LogP contribution in [0.15, 0.2) is 29.8 Å². The molecule has 2 heterocycles. The summed E-state index contributed by atoms with van der Waals surface area (Å²) in [6.07, 6.45) is 1.14. The smallest absolute Gasteiger partial charge is 0.271 e. The Kier molecular flexibility index (Phi) is 6.33. The Morgan fingerprint density at radius 2 is 2.17 bits per heavy atom. The van der Waals surface area contributed by atoms with Crippen molar-refractivity contribution < 1.29 is 9.90 Å². The van der Waals surface area contributed by atoms with Crippen molar-refractivity contribution in [1.29, 1.82) is 5.26 Å². The summed E-state index contributed by atoms with van der Waals surface area (Å²) in [7, 11) is 0. The molecular formula is C20H20ClN5O2S. The van der Waals surface area contributed by atoms with Gasteiger partial charge in [0.15, 0.2) is 0 Å². The molecule has 7 nitrogen and oxygen atoms in total. The average molecular weight is 430 g/mol. The van der Waals surface area contributed by atoms with Crippen LogP contribution in [-0.2, 0) is 6.54 Å². The van der Waals surface area contributed by atoms with Gasteiger partial charge < -0.3 is 10.4 Å². The highest BCUT2D eigenvalue weighted by molar-refractivity contribution is 7.09. The minimum absolute atomic E-state index is 0.183. The lowest BCUT2D eigenvalue weighted by Crippen LogP contribution is -2.36. The van der Waals surface area contributed by atoms with Crippen LogP contribution in [0.5, 0.6) is 0 Å². The number of nitrogens with one attached hydrogen (secondary N) is 1. The van der Waals surface area contributed by atoms with Crippen molar-refractivity contribution in [3.63, 3.8) is 0 Å². The maximum absolute atomic E-state index is 12.3. The first-order valence-electron chi connectivity index (χ1n) is 8.97. The van der Waals surface area contributed by atoms with E-state index in [1.54, 1.807) is 23.1 Å². The third kappa shape index (κ3) is 4.65. The van der Waals surface area contributed by atoms with E-state index in [1.807, 2.05) is 32.2 Å². The number of aromatic nitrogens is 3. The van der Waals surface area contributed by atoms with Crippen LogP contribution in [0.2, 0.25) is 5.02 Å². The minimum atomic E-state index is -0.694. The molecule has 0 radical (unpaired) electrons. The first-order valence-corrected chi connectivity index (χ1v) is 10.2. The highest BCUT2D eigenvalue weighted by Crippen LogP contribution is 2.30. The third-order valence-corrected chi connectivity index (χ3v) is 5.88. The summed E-state index contributed by atoms with van der Waals surface area (Å²) in [6, 6.07) is 7.27. The van der Waals surface area contributed by atoms with E-state index < -0.39 is 6.10 Å². The molecule has 0 aliphatic rings. The van der Waals surface area contributed by atoms with Gasteiger partial charge in [-0.25, -0.2) is 4.98 Å². The Hall–Kier alpha value is -2.73. The second-order valence-corrected chi connectivity index (χ2v) is 8.02. The van der Waals surface area contributed by atoms with Crippen molar-refractivity contribution in [2.45, 2.75) is 39.5 Å². The molecular weight excluding hydrogens is 410 g/mol. The van der Waals surface area contributed by atoms with Gasteiger partial charge in [0.2, 0.25) is 0 Å². The molecule has 2 N–H and O–H groups in total. The summed E-state index contributed by atoms with van der Waals surface area (Å²) < 4.78 is 1.74. The van der Waals surface area contributed by atoms with Gasteiger partial charge in [0.1, 0.15) is 22.9 Å². The van der Waals surface area contributed by atoms with Gasteiger partial charge in [0, 0.05) is 23.2 Å². The average Bonchev–Trinajstić information content (AvgIpc) is 3.33. The summed E-state index contributed by atoms with van der Waals surface area (Å²) in [6.45, 7) is 5.82. The lowest BCUT2D eigenvalue weighted by atomic mass is 10.0. The molecule has 0 saturated carbocycles. The molecule has 0 bridgehead atoms. The highest BCUT2D eigenvalue weighted by atomic mass is 35.5. The zero-order chi connectivity index (χ0) is 21.1. The van der Waals surface area contributed by atoms with Crippen LogP contribution in [-0.4, -0.2) is 31.8 Å². The molecule has 0 fully saturated rings. The summed E-state index contributed by atoms with van der Waals surface area (Å²) in [5.41, 5.74) is 3.13. The predicted molar refractivity (Wildman–Crippen MR) is 112 cm³/mol. The lowest BCUT2D eigenvalue weighted by Gasteiger charge is -2.13. The number of benzene rings is 1. The van der Waals surface area contributed by atoms with E-state index in [4.69, 9.17) is 16.9 Å². The molecule has 0 saturated heterocycles. The van der Waals surface area contributed by atoms with Gasteiger partial charge in [0.05, 0.1) is 22.8 Å². The lowest BCUT2D eigenvalue weighted by molar-refractivity contribution is 0.0931. The first kappa shape index (κ1) is 21.0. The van der Waals surface area contributed by atoms with Crippen molar-refractivity contribution >= 4 is 28.8 Å². The van der Waals surface area contributed by atoms with Crippen LogP contribution in [0.1, 0.15) is 46.6 Å². The Morgan fingerprint density at radius 1 is 1.41 bits per heavy atom. The molecule has 9 heteroatoms. The van der Waals surface area contributed by atoms with Crippen LogP contribution in [0.25, 0.3) is 11.3 Å². The second kappa shape index (κ2) is 8.74. The van der Waals surface area contributed by atoms with E-state index >= 15 is 0 Å². The third-order valence-electron chi connectivity index (χ3n) is 4.37. The van der Waals surface area contributed by atoms with Gasteiger partial charge in [-0.2, -0.15) is 10.4 Å². The van der Waals surface area contributed by atoms with Crippen LogP contribution in [0.4, 0.5) is 0 Å². The van der Waals surface area contributed by atoms with Gasteiger partial charge in [-0.1, -0.05) is 17.7 Å². The zero-order valence-electron chi connectivity index (χ0n) is 16.2. The number of carbonyl (C=O) groups excluding carboxylic acids is 1. The van der Waals surface area contributed by atoms with Gasteiger partial charge >= 0.3 is 0 Å². The van der Waals surface area contributed by atoms with E-state index in [0.29, 0.717) is 27.8 Å². The highest BCUT2D eigenvalue weighted by Gasteiger charge is 2.16. The quantitative estimate of drug-likeness (QED) is 0.621. The number of aliphatic hydroxyl groups is 1. The van der Waals surface area contributed by atoms with Crippen LogP contribution in [0.3, 0.4) is 0 Å². The summed E-state index contributed by atoms with van der Waals surface area (Å²) in [5.74, 6) is -0.289. The van der Waals surface area contributed by atoms with E-state index in [2.05, 4.69) is 21.5 Å². The van der Waals surface area contributed by atoms with Gasteiger partial charge in [-0.15, -0.1) is 11.3 Å². The van der Waals surface area contributed by atoms with Gasteiger partial charge in [0.25, 0.3) is 5.91 Å². The number of hydrogen-bond acceptors (Lipinski definition) is 6. The fraction of sp³-hybridized carbons (Fsp3) is 0.300. The molecule has 1 aromatic carbocycles. The van der Waals surface area contributed by atoms with E-state index in [9.17, 15) is 9.90 Å². The standard InChI is InChI=1S/C20H20ClN5O2S/c1-11(23-19(28)17-10-29-20(24-17)13(3)27)9-26-7-6-16(25-26)15-5-4-14(8-22)18(21)12(15)2/h4-7,10-11,13,27H,9H2,1-3H3,(H,23,28). The van der Waals surface area contributed by atoms with Crippen LogP contribution < -0.4 is 5.32 Å². The van der Waals surface area contributed by atoms with Crippen LogP contribution in [0, 0.1) is 18.3 Å². The van der Waals surface area contributed by atoms with Gasteiger partial charge in [-0.3, -0.25) is 9.48 Å². The molecule has 0 aliphatic carbocycles. The van der Waals surface area contributed by atoms with E-state index in [-0.39, 0.29) is 11.9 Å². The number of aliphatic hydroxyl groups excluding tert-OH is 1. The molecule has 3 aromatic rings. The zero-order valence-corrected chi connectivity index (χ0v) is 17.8. The summed E-state index contributed by atoms with van der Waals surface area (Å²) in [4.78, 5) is 16.5. The molecule has 2 unspecified atom stereocenters. The maximum Gasteiger partial charge on any atom is 0.271 e. The predicted octanol–water partition coefficient (Wildman–Crippen LogP) is 3.71. The number of nitriles is 1. The molecule has 3 rings (SSSR count). The number of thiazole rings is 1. The molecule has 2 aromatic heterocycles. The number of hydrogen-bond donors (Lipinski definition) is 2. The first-order chi connectivity index (χ1) is 13.8. The van der Waals surface area contributed by atoms with Gasteiger partial charge in [-0.05, 0) is 38.5 Å². The second-order valence-electron chi connectivity index (χ2n) is 6.76. The molecule has 29 heavy (non-hydrogen) atoms. The molecule has 2 atom stereocenters. The monoisotopic (exact) mass is 429 g/mol. The molecule has 0 spiro atoms. The van der Waals surface area contributed by atoms with Crippen molar-refractivity contribution in [2.24, 2.45) is 0 Å². The molecule has 0 aliphatic heterocycles. The topological polar surface area (TPSA) is 104 Å². The van der Waals surface area contributed by atoms with E-state index in [0.717, 1.165) is 16.8 Å². The Morgan fingerprint density at radius 3 is 2.83 bits per heavy atom. The number of nitrogens with zero attached hydrogens (tertiary/aromatic N) is 4. The van der Waals surface area contributed by atoms with E-state index in [1.165, 1.54) is 11.3 Å². The van der Waals surface area contributed by atoms with Crippen molar-refractivity contribution in [3.05, 3.63) is 56.6 Å². The fourth-order valence-electron chi connectivity index (χ4n) is 2.86. The SMILES string of the molecule is Cc1c(-c2ccn(CC(C)NC(=O)c3csc(C(C)O)n3)n2)ccc(C#N)c1Cl. The molecule has 150 valence electrons. The number of rotatable bonds is 6. The Balaban J connectivity index is 1.67. The largest absolute Gasteiger partial charge is 0.386 e. The minimum Gasteiger partial charge on any atom is -0.386 e. The van der Waals surface area contributed by atoms with Crippen molar-refractivity contribution in [1.82, 2.24) is 20.1 Å². The number of carbonyl (C=O) groups is 1.